The normalized spacial score (nSPS) is 15.4. The number of methoxy groups -OCH3 is 1. The van der Waals surface area contributed by atoms with Crippen molar-refractivity contribution < 1.29 is 19.0 Å². The predicted molar refractivity (Wildman–Crippen MR) is 114 cm³/mol. The highest BCUT2D eigenvalue weighted by molar-refractivity contribution is 5.93. The van der Waals surface area contributed by atoms with E-state index in [4.69, 9.17) is 14.2 Å². The number of hydrogen-bond acceptors (Lipinski definition) is 4. The molecule has 0 unspecified atom stereocenters. The van der Waals surface area contributed by atoms with Crippen LogP contribution in [0.25, 0.3) is 16.8 Å². The SMILES string of the molecule is COc1ccc2cc(/C=C\C(=O)N(C)C[C@@H]3COc4ccccc4O3)ccc2c1. The van der Waals surface area contributed by atoms with E-state index in [1.165, 1.54) is 0 Å². The quantitative estimate of drug-likeness (QED) is 0.615. The van der Waals surface area contributed by atoms with Gasteiger partial charge in [0.15, 0.2) is 17.6 Å². The third kappa shape index (κ3) is 4.35. The number of nitrogens with zero attached hydrogens (tertiary/aromatic N) is 1. The molecule has 0 aromatic heterocycles. The zero-order valence-corrected chi connectivity index (χ0v) is 16.5. The molecule has 1 aliphatic heterocycles. The molecule has 0 bridgehead atoms. The standard InChI is InChI=1S/C24H23NO4/c1-25(15-21-16-28-22-5-3-4-6-23(22)29-21)24(26)12-8-17-7-9-19-14-20(27-2)11-10-18(19)13-17/h3-14,21H,15-16H2,1-2H3/b12-8-/t21-/m1/s1. The van der Waals surface area contributed by atoms with Crippen molar-refractivity contribution in [2.45, 2.75) is 6.10 Å². The molecule has 3 aromatic rings. The van der Waals surface area contributed by atoms with Crippen molar-refractivity contribution in [1.29, 1.82) is 0 Å². The molecule has 29 heavy (non-hydrogen) atoms. The Bertz CT molecular complexity index is 1060. The summed E-state index contributed by atoms with van der Waals surface area (Å²) < 4.78 is 16.9. The monoisotopic (exact) mass is 389 g/mol. The molecule has 0 fully saturated rings. The summed E-state index contributed by atoms with van der Waals surface area (Å²) in [5.41, 5.74) is 0.968. The van der Waals surface area contributed by atoms with Crippen LogP contribution >= 0.6 is 0 Å². The Balaban J connectivity index is 1.38. The first-order valence-electron chi connectivity index (χ1n) is 9.52. The molecule has 1 amide bonds. The van der Waals surface area contributed by atoms with Crippen molar-refractivity contribution in [3.05, 3.63) is 72.3 Å². The molecule has 0 aliphatic carbocycles. The van der Waals surface area contributed by atoms with Crippen LogP contribution < -0.4 is 14.2 Å². The number of fused-ring (bicyclic) bond motifs is 2. The average Bonchev–Trinajstić information content (AvgIpc) is 2.76. The van der Waals surface area contributed by atoms with Gasteiger partial charge in [-0.05, 0) is 52.7 Å². The van der Waals surface area contributed by atoms with Crippen molar-refractivity contribution in [1.82, 2.24) is 4.90 Å². The van der Waals surface area contributed by atoms with Crippen LogP contribution in [0.3, 0.4) is 0 Å². The summed E-state index contributed by atoms with van der Waals surface area (Å²) in [7, 11) is 3.42. The minimum Gasteiger partial charge on any atom is -0.497 e. The largest absolute Gasteiger partial charge is 0.497 e. The van der Waals surface area contributed by atoms with Gasteiger partial charge in [0.05, 0.1) is 13.7 Å². The van der Waals surface area contributed by atoms with Gasteiger partial charge in [0.2, 0.25) is 5.91 Å². The Labute approximate surface area is 170 Å². The van der Waals surface area contributed by atoms with E-state index in [2.05, 4.69) is 0 Å². The zero-order valence-electron chi connectivity index (χ0n) is 16.5. The molecule has 0 N–H and O–H groups in total. The van der Waals surface area contributed by atoms with Gasteiger partial charge in [-0.2, -0.15) is 0 Å². The topological polar surface area (TPSA) is 48.0 Å². The molecule has 3 aromatic carbocycles. The van der Waals surface area contributed by atoms with Gasteiger partial charge in [-0.1, -0.05) is 30.3 Å². The molecule has 5 heteroatoms. The molecule has 0 spiro atoms. The zero-order chi connectivity index (χ0) is 20.2. The lowest BCUT2D eigenvalue weighted by atomic mass is 10.1. The van der Waals surface area contributed by atoms with Crippen LogP contribution in [0.1, 0.15) is 5.56 Å². The van der Waals surface area contributed by atoms with Gasteiger partial charge in [0.1, 0.15) is 12.4 Å². The van der Waals surface area contributed by atoms with Gasteiger partial charge >= 0.3 is 0 Å². The highest BCUT2D eigenvalue weighted by Crippen LogP contribution is 2.31. The van der Waals surface area contributed by atoms with Crippen LogP contribution in [0, 0.1) is 0 Å². The van der Waals surface area contributed by atoms with E-state index in [0.717, 1.165) is 27.8 Å². The third-order valence-corrected chi connectivity index (χ3v) is 4.91. The maximum atomic E-state index is 12.5. The molecule has 0 saturated heterocycles. The fraction of sp³-hybridized carbons (Fsp3) is 0.208. The summed E-state index contributed by atoms with van der Waals surface area (Å²) in [6.07, 6.45) is 3.22. The Morgan fingerprint density at radius 3 is 2.69 bits per heavy atom. The molecule has 148 valence electrons. The summed E-state index contributed by atoms with van der Waals surface area (Å²) in [5, 5.41) is 2.19. The lowest BCUT2D eigenvalue weighted by Gasteiger charge is -2.29. The lowest BCUT2D eigenvalue weighted by molar-refractivity contribution is -0.126. The second-order valence-corrected chi connectivity index (χ2v) is 7.02. The van der Waals surface area contributed by atoms with Crippen LogP contribution in [-0.4, -0.2) is 44.2 Å². The minimum absolute atomic E-state index is 0.0812. The number of amides is 1. The number of carbonyl (C=O) groups excluding carboxylic acids is 1. The molecule has 1 aliphatic rings. The summed E-state index contributed by atoms with van der Waals surface area (Å²) in [4.78, 5) is 14.2. The number of rotatable bonds is 5. The fourth-order valence-electron chi connectivity index (χ4n) is 3.32. The fourth-order valence-corrected chi connectivity index (χ4v) is 3.32. The van der Waals surface area contributed by atoms with Crippen LogP contribution in [-0.2, 0) is 4.79 Å². The van der Waals surface area contributed by atoms with Crippen LogP contribution in [0.2, 0.25) is 0 Å². The molecule has 0 radical (unpaired) electrons. The molecule has 1 heterocycles. The molecule has 1 atom stereocenters. The van der Waals surface area contributed by atoms with E-state index in [-0.39, 0.29) is 12.0 Å². The summed E-state index contributed by atoms with van der Waals surface area (Å²) in [5.74, 6) is 2.20. The molecule has 0 saturated carbocycles. The number of ether oxygens (including phenoxy) is 3. The second kappa shape index (κ2) is 8.27. The Hall–Kier alpha value is -3.47. The summed E-state index contributed by atoms with van der Waals surface area (Å²) >= 11 is 0. The van der Waals surface area contributed by atoms with E-state index in [1.807, 2.05) is 66.7 Å². The number of benzene rings is 3. The molecule has 4 rings (SSSR count). The maximum Gasteiger partial charge on any atom is 0.246 e. The molecule has 5 nitrogen and oxygen atoms in total. The Morgan fingerprint density at radius 1 is 1.10 bits per heavy atom. The number of carbonyl (C=O) groups is 1. The smallest absolute Gasteiger partial charge is 0.246 e. The van der Waals surface area contributed by atoms with Gasteiger partial charge in [0, 0.05) is 13.1 Å². The van der Waals surface area contributed by atoms with Crippen molar-refractivity contribution in [2.75, 3.05) is 27.3 Å². The van der Waals surface area contributed by atoms with E-state index in [1.54, 1.807) is 25.1 Å². The number of likely N-dealkylation sites (N-methyl/N-ethyl adjacent to an activating group) is 1. The van der Waals surface area contributed by atoms with Gasteiger partial charge < -0.3 is 19.1 Å². The maximum absolute atomic E-state index is 12.5. The van der Waals surface area contributed by atoms with E-state index >= 15 is 0 Å². The highest BCUT2D eigenvalue weighted by Gasteiger charge is 2.23. The first kappa shape index (κ1) is 18.9. The summed E-state index contributed by atoms with van der Waals surface area (Å²) in [6, 6.07) is 19.6. The lowest BCUT2D eigenvalue weighted by Crippen LogP contribution is -2.41. The van der Waals surface area contributed by atoms with Gasteiger partial charge in [-0.25, -0.2) is 0 Å². The number of hydrogen-bond donors (Lipinski definition) is 0. The average molecular weight is 389 g/mol. The predicted octanol–water partition coefficient (Wildman–Crippen LogP) is 4.16. The van der Waals surface area contributed by atoms with Crippen molar-refractivity contribution >= 4 is 22.8 Å². The second-order valence-electron chi connectivity index (χ2n) is 7.02. The minimum atomic E-state index is -0.192. The third-order valence-electron chi connectivity index (χ3n) is 4.91. The van der Waals surface area contributed by atoms with Gasteiger partial charge in [0.25, 0.3) is 0 Å². The van der Waals surface area contributed by atoms with Crippen LogP contribution in [0.15, 0.2) is 66.7 Å². The Morgan fingerprint density at radius 2 is 1.86 bits per heavy atom. The highest BCUT2D eigenvalue weighted by atomic mass is 16.6. The number of para-hydroxylation sites is 2. The first-order valence-corrected chi connectivity index (χ1v) is 9.52. The van der Waals surface area contributed by atoms with Crippen LogP contribution in [0.5, 0.6) is 17.2 Å². The van der Waals surface area contributed by atoms with E-state index in [9.17, 15) is 4.79 Å². The van der Waals surface area contributed by atoms with E-state index in [0.29, 0.717) is 18.9 Å². The van der Waals surface area contributed by atoms with Crippen LogP contribution in [0.4, 0.5) is 0 Å². The van der Waals surface area contributed by atoms with Gasteiger partial charge in [-0.15, -0.1) is 0 Å². The molecular formula is C24H23NO4. The van der Waals surface area contributed by atoms with Crippen molar-refractivity contribution in [3.8, 4) is 17.2 Å². The summed E-state index contributed by atoms with van der Waals surface area (Å²) in [6.45, 7) is 0.876. The van der Waals surface area contributed by atoms with Crippen molar-refractivity contribution in [2.24, 2.45) is 0 Å². The van der Waals surface area contributed by atoms with Crippen molar-refractivity contribution in [3.63, 3.8) is 0 Å². The van der Waals surface area contributed by atoms with Gasteiger partial charge in [-0.3, -0.25) is 4.79 Å². The Kier molecular flexibility index (Phi) is 5.38. The van der Waals surface area contributed by atoms with E-state index < -0.39 is 0 Å². The molecular weight excluding hydrogens is 366 g/mol. The first-order chi connectivity index (χ1) is 14.1.